The first kappa shape index (κ1) is 16.8. The molecule has 0 bridgehead atoms. The highest BCUT2D eigenvalue weighted by Gasteiger charge is 2.42. The van der Waals surface area contributed by atoms with Crippen molar-refractivity contribution in [1.82, 2.24) is 25.2 Å². The van der Waals surface area contributed by atoms with Crippen LogP contribution in [-0.2, 0) is 19.1 Å². The molecule has 0 atom stereocenters. The van der Waals surface area contributed by atoms with Gasteiger partial charge in [-0.25, -0.2) is 4.68 Å². The molecule has 0 spiro atoms. The first-order valence-corrected chi connectivity index (χ1v) is 7.18. The van der Waals surface area contributed by atoms with Crippen LogP contribution in [0.15, 0.2) is 4.52 Å². The molecule has 0 aromatic carbocycles. The minimum absolute atomic E-state index is 0. The van der Waals surface area contributed by atoms with E-state index in [0.717, 1.165) is 35.8 Å². The van der Waals surface area contributed by atoms with Gasteiger partial charge in [0.2, 0.25) is 11.8 Å². The fourth-order valence-corrected chi connectivity index (χ4v) is 2.90. The average molecular weight is 328 g/mol. The molecule has 122 valence electrons. The molecule has 22 heavy (non-hydrogen) atoms. The van der Waals surface area contributed by atoms with Gasteiger partial charge >= 0.3 is 0 Å². The normalized spacial score (nSPS) is 16.0. The van der Waals surface area contributed by atoms with E-state index in [9.17, 15) is 0 Å². The molecule has 2 heterocycles. The maximum atomic E-state index is 5.43. The van der Waals surface area contributed by atoms with Crippen LogP contribution in [0.25, 0.3) is 0 Å². The summed E-state index contributed by atoms with van der Waals surface area (Å²) in [7, 11) is 3.55. The van der Waals surface area contributed by atoms with Crippen molar-refractivity contribution in [2.45, 2.75) is 45.2 Å². The Morgan fingerprint density at radius 2 is 2.09 bits per heavy atom. The van der Waals surface area contributed by atoms with Crippen LogP contribution >= 0.6 is 12.4 Å². The number of halogens is 1. The molecule has 2 aromatic heterocycles. The number of nitrogens with one attached hydrogen (secondary N) is 1. The zero-order valence-electron chi connectivity index (χ0n) is 13.3. The fourth-order valence-electron chi connectivity index (χ4n) is 2.90. The monoisotopic (exact) mass is 327 g/mol. The fraction of sp³-hybridized carbons (Fsp3) is 0.643. The van der Waals surface area contributed by atoms with Crippen molar-refractivity contribution in [3.8, 4) is 5.88 Å². The predicted molar refractivity (Wildman–Crippen MR) is 83.1 cm³/mol. The quantitative estimate of drug-likeness (QED) is 0.905. The Hall–Kier alpha value is -1.60. The van der Waals surface area contributed by atoms with Crippen molar-refractivity contribution >= 4 is 12.4 Å². The topological polar surface area (TPSA) is 78.0 Å². The third-order valence-corrected chi connectivity index (χ3v) is 4.25. The number of methoxy groups -OCH3 is 1. The van der Waals surface area contributed by atoms with Crippen molar-refractivity contribution < 1.29 is 9.26 Å². The van der Waals surface area contributed by atoms with Crippen molar-refractivity contribution in [1.29, 1.82) is 0 Å². The number of hydrogen-bond donors (Lipinski definition) is 1. The van der Waals surface area contributed by atoms with Crippen LogP contribution in [-0.4, -0.2) is 27.0 Å². The van der Waals surface area contributed by atoms with E-state index in [4.69, 9.17) is 9.26 Å². The number of ether oxygens (including phenoxy) is 1. The lowest BCUT2D eigenvalue weighted by molar-refractivity contribution is 0.164. The van der Waals surface area contributed by atoms with E-state index in [-0.39, 0.29) is 17.9 Å². The molecule has 1 fully saturated rings. The Balaban J connectivity index is 0.00000176. The number of nitrogens with zero attached hydrogens (tertiary/aromatic N) is 4. The Morgan fingerprint density at radius 3 is 2.59 bits per heavy atom. The molecule has 8 heteroatoms. The highest BCUT2D eigenvalue weighted by molar-refractivity contribution is 5.85. The van der Waals surface area contributed by atoms with Gasteiger partial charge in [-0.2, -0.15) is 10.1 Å². The molecule has 1 N–H and O–H groups in total. The second kappa shape index (κ2) is 6.26. The Labute approximate surface area is 135 Å². The molecule has 3 rings (SSSR count). The summed E-state index contributed by atoms with van der Waals surface area (Å²) in [4.78, 5) is 4.40. The largest absolute Gasteiger partial charge is 0.481 e. The van der Waals surface area contributed by atoms with E-state index in [1.54, 1.807) is 11.8 Å². The maximum absolute atomic E-state index is 5.43. The van der Waals surface area contributed by atoms with Crippen molar-refractivity contribution in [2.75, 3.05) is 7.11 Å². The van der Waals surface area contributed by atoms with Crippen molar-refractivity contribution in [3.05, 3.63) is 23.0 Å². The lowest BCUT2D eigenvalue weighted by Crippen LogP contribution is -2.48. The first-order chi connectivity index (χ1) is 10.1. The van der Waals surface area contributed by atoms with Crippen molar-refractivity contribution in [3.63, 3.8) is 0 Å². The number of aromatic nitrogens is 4. The highest BCUT2D eigenvalue weighted by atomic mass is 35.5. The Kier molecular flexibility index (Phi) is 4.77. The van der Waals surface area contributed by atoms with Gasteiger partial charge in [0.1, 0.15) is 0 Å². The van der Waals surface area contributed by atoms with Gasteiger partial charge in [-0.05, 0) is 26.2 Å². The van der Waals surface area contributed by atoms with Gasteiger partial charge in [0.15, 0.2) is 5.82 Å². The zero-order chi connectivity index (χ0) is 15.0. The molecule has 0 saturated heterocycles. The SMILES string of the molecule is COc1c(CNC2(c3noc(C)n3)CCC2)c(C)nn1C.Cl. The smallest absolute Gasteiger partial charge is 0.223 e. The second-order valence-corrected chi connectivity index (χ2v) is 5.62. The summed E-state index contributed by atoms with van der Waals surface area (Å²) in [6.07, 6.45) is 3.21. The summed E-state index contributed by atoms with van der Waals surface area (Å²) in [5, 5.41) is 12.1. The van der Waals surface area contributed by atoms with Crippen LogP contribution in [0.2, 0.25) is 0 Å². The van der Waals surface area contributed by atoms with E-state index in [2.05, 4.69) is 20.6 Å². The summed E-state index contributed by atoms with van der Waals surface area (Å²) < 4.78 is 12.3. The summed E-state index contributed by atoms with van der Waals surface area (Å²) in [6.45, 7) is 4.49. The molecule has 7 nitrogen and oxygen atoms in total. The minimum atomic E-state index is -0.176. The lowest BCUT2D eigenvalue weighted by Gasteiger charge is -2.40. The molecule has 0 unspecified atom stereocenters. The third kappa shape index (κ3) is 2.70. The number of rotatable bonds is 5. The Bertz CT molecular complexity index is 648. The van der Waals surface area contributed by atoms with Crippen LogP contribution in [0.1, 0.15) is 42.2 Å². The maximum Gasteiger partial charge on any atom is 0.223 e. The van der Waals surface area contributed by atoms with Gasteiger partial charge in [-0.1, -0.05) is 5.16 Å². The van der Waals surface area contributed by atoms with Gasteiger partial charge in [-0.15, -0.1) is 12.4 Å². The first-order valence-electron chi connectivity index (χ1n) is 7.18. The molecule has 1 aliphatic rings. The molecule has 2 aromatic rings. The lowest BCUT2D eigenvalue weighted by atomic mass is 9.76. The van der Waals surface area contributed by atoms with Crippen LogP contribution < -0.4 is 10.1 Å². The molecule has 0 amide bonds. The second-order valence-electron chi connectivity index (χ2n) is 5.62. The Morgan fingerprint density at radius 1 is 1.36 bits per heavy atom. The van der Waals surface area contributed by atoms with Gasteiger partial charge in [-0.3, -0.25) is 0 Å². The number of aryl methyl sites for hydroxylation is 3. The minimum Gasteiger partial charge on any atom is -0.481 e. The highest BCUT2D eigenvalue weighted by Crippen LogP contribution is 2.40. The van der Waals surface area contributed by atoms with Crippen LogP contribution in [0.4, 0.5) is 0 Å². The third-order valence-electron chi connectivity index (χ3n) is 4.25. The number of hydrogen-bond acceptors (Lipinski definition) is 6. The van der Waals surface area contributed by atoms with Gasteiger partial charge < -0.3 is 14.6 Å². The molecule has 0 aliphatic heterocycles. The summed E-state index contributed by atoms with van der Waals surface area (Å²) in [6, 6.07) is 0. The van der Waals surface area contributed by atoms with Crippen LogP contribution in [0.3, 0.4) is 0 Å². The summed E-state index contributed by atoms with van der Waals surface area (Å²) >= 11 is 0. The summed E-state index contributed by atoms with van der Waals surface area (Å²) in [5.41, 5.74) is 1.87. The van der Waals surface area contributed by atoms with E-state index < -0.39 is 0 Å². The van der Waals surface area contributed by atoms with Gasteiger partial charge in [0.05, 0.1) is 23.9 Å². The van der Waals surface area contributed by atoms with E-state index in [1.807, 2.05) is 20.9 Å². The van der Waals surface area contributed by atoms with E-state index >= 15 is 0 Å². The van der Waals surface area contributed by atoms with E-state index in [0.29, 0.717) is 12.4 Å². The molecular formula is C14H22ClN5O2. The van der Waals surface area contributed by atoms with Gasteiger partial charge in [0, 0.05) is 20.5 Å². The molecular weight excluding hydrogens is 306 g/mol. The van der Waals surface area contributed by atoms with E-state index in [1.165, 1.54) is 6.42 Å². The summed E-state index contributed by atoms with van der Waals surface area (Å²) in [5.74, 6) is 2.15. The molecule has 1 aliphatic carbocycles. The average Bonchev–Trinajstić information content (AvgIpc) is 2.93. The van der Waals surface area contributed by atoms with Crippen LogP contribution in [0.5, 0.6) is 5.88 Å². The standard InChI is InChI=1S/C14H21N5O2.ClH/c1-9-11(12(20-4)19(3)17-9)8-15-14(6-5-7-14)13-16-10(2)21-18-13;/h15H,5-8H2,1-4H3;1H. The van der Waals surface area contributed by atoms with Crippen LogP contribution in [0, 0.1) is 13.8 Å². The van der Waals surface area contributed by atoms with Crippen molar-refractivity contribution in [2.24, 2.45) is 7.05 Å². The predicted octanol–water partition coefficient (Wildman–Crippen LogP) is 2.02. The molecule has 1 saturated carbocycles. The van der Waals surface area contributed by atoms with Gasteiger partial charge in [0.25, 0.3) is 0 Å². The molecule has 0 radical (unpaired) electrons. The zero-order valence-corrected chi connectivity index (χ0v) is 14.2.